The molecule has 4 aromatic rings. The van der Waals surface area contributed by atoms with Crippen LogP contribution in [0, 0.1) is 0 Å². The van der Waals surface area contributed by atoms with Gasteiger partial charge < -0.3 is 10.6 Å². The molecule has 36 heavy (non-hydrogen) atoms. The zero-order chi connectivity index (χ0) is 25.3. The number of hydrogen-bond donors (Lipinski definition) is 2. The Morgan fingerprint density at radius 3 is 1.28 bits per heavy atom. The van der Waals surface area contributed by atoms with Crippen LogP contribution in [0.15, 0.2) is 85.2 Å². The predicted molar refractivity (Wildman–Crippen MR) is 147 cm³/mol. The fourth-order valence-electron chi connectivity index (χ4n) is 3.53. The van der Waals surface area contributed by atoms with Gasteiger partial charge in [0.25, 0.3) is 0 Å². The first-order valence-electron chi connectivity index (χ1n) is 11.5. The van der Waals surface area contributed by atoms with E-state index in [-0.39, 0.29) is 11.8 Å². The van der Waals surface area contributed by atoms with Crippen LogP contribution in [0.4, 0.5) is 11.4 Å². The van der Waals surface area contributed by atoms with Crippen LogP contribution in [0.3, 0.4) is 0 Å². The molecule has 0 saturated carbocycles. The summed E-state index contributed by atoms with van der Waals surface area (Å²) >= 11 is 0. The van der Waals surface area contributed by atoms with Crippen molar-refractivity contribution in [1.82, 2.24) is 9.97 Å². The first kappa shape index (κ1) is 24.3. The van der Waals surface area contributed by atoms with E-state index in [2.05, 4.69) is 20.6 Å². The number of aromatic nitrogens is 2. The molecule has 2 N–H and O–H groups in total. The second-order valence-electron chi connectivity index (χ2n) is 8.22. The number of benzene rings is 2. The van der Waals surface area contributed by atoms with Gasteiger partial charge in [-0.15, -0.1) is 0 Å². The van der Waals surface area contributed by atoms with Gasteiger partial charge >= 0.3 is 0 Å². The number of nitrogens with one attached hydrogen (secondary N) is 2. The van der Waals surface area contributed by atoms with Crippen LogP contribution in [0.1, 0.15) is 36.1 Å². The number of pyridine rings is 2. The molecule has 0 aliphatic carbocycles. The molecule has 0 radical (unpaired) electrons. The number of anilines is 2. The molecule has 0 bridgehead atoms. The van der Waals surface area contributed by atoms with E-state index < -0.39 is 0 Å². The number of hydrogen-bond acceptors (Lipinski definition) is 4. The Balaban J connectivity index is 1.46. The van der Waals surface area contributed by atoms with Gasteiger partial charge in [0, 0.05) is 37.6 Å². The van der Waals surface area contributed by atoms with Gasteiger partial charge in [-0.2, -0.15) is 0 Å². The Labute approximate surface area is 210 Å². The molecule has 2 amide bonds. The van der Waals surface area contributed by atoms with Gasteiger partial charge in [0.15, 0.2) is 0 Å². The van der Waals surface area contributed by atoms with Crippen molar-refractivity contribution in [2.45, 2.75) is 13.8 Å². The highest BCUT2D eigenvalue weighted by molar-refractivity contribution is 5.89. The van der Waals surface area contributed by atoms with E-state index in [1.165, 1.54) is 13.8 Å². The van der Waals surface area contributed by atoms with Crippen molar-refractivity contribution in [3.8, 4) is 11.4 Å². The second-order valence-corrected chi connectivity index (χ2v) is 8.22. The molecule has 0 aliphatic rings. The number of carbonyl (C=O) groups excluding carboxylic acids is 2. The van der Waals surface area contributed by atoms with E-state index in [0.29, 0.717) is 0 Å². The lowest BCUT2D eigenvalue weighted by atomic mass is 10.1. The summed E-state index contributed by atoms with van der Waals surface area (Å²) in [7, 11) is 0. The van der Waals surface area contributed by atoms with E-state index in [4.69, 9.17) is 0 Å². The van der Waals surface area contributed by atoms with E-state index in [1.807, 2.05) is 97.1 Å². The number of nitrogens with zero attached hydrogens (tertiary/aromatic N) is 2. The topological polar surface area (TPSA) is 84.0 Å². The van der Waals surface area contributed by atoms with Gasteiger partial charge in [-0.25, -0.2) is 0 Å². The molecule has 6 nitrogen and oxygen atoms in total. The molecule has 2 heterocycles. The molecule has 2 aromatic heterocycles. The molecule has 0 atom stereocenters. The van der Waals surface area contributed by atoms with Gasteiger partial charge in [0.2, 0.25) is 11.8 Å². The average molecular weight is 475 g/mol. The van der Waals surface area contributed by atoms with E-state index in [0.717, 1.165) is 45.0 Å². The van der Waals surface area contributed by atoms with Crippen LogP contribution in [0.25, 0.3) is 35.7 Å². The molecule has 0 aliphatic heterocycles. The first-order chi connectivity index (χ1) is 17.4. The molecule has 0 fully saturated rings. The number of carbonyl (C=O) groups is 2. The Morgan fingerprint density at radius 1 is 0.556 bits per heavy atom. The highest BCUT2D eigenvalue weighted by atomic mass is 16.2. The summed E-state index contributed by atoms with van der Waals surface area (Å²) in [5.74, 6) is -0.179. The summed E-state index contributed by atoms with van der Waals surface area (Å²) in [6.07, 6.45) is 11.6. The summed E-state index contributed by atoms with van der Waals surface area (Å²) in [5, 5.41) is 5.53. The van der Waals surface area contributed by atoms with Crippen molar-refractivity contribution in [2.24, 2.45) is 0 Å². The van der Waals surface area contributed by atoms with Gasteiger partial charge in [-0.3, -0.25) is 19.6 Å². The Morgan fingerprint density at radius 2 is 0.917 bits per heavy atom. The Bertz CT molecular complexity index is 1310. The van der Waals surface area contributed by atoms with Gasteiger partial charge in [-0.05, 0) is 70.8 Å². The molecule has 0 saturated heterocycles. The maximum Gasteiger partial charge on any atom is 0.221 e. The van der Waals surface area contributed by atoms with Crippen LogP contribution in [0.2, 0.25) is 0 Å². The van der Waals surface area contributed by atoms with Crippen LogP contribution < -0.4 is 10.6 Å². The summed E-state index contributed by atoms with van der Waals surface area (Å²) in [4.78, 5) is 31.3. The number of amides is 2. The fourth-order valence-corrected chi connectivity index (χ4v) is 3.53. The van der Waals surface area contributed by atoms with Crippen molar-refractivity contribution in [3.63, 3.8) is 0 Å². The van der Waals surface area contributed by atoms with E-state index >= 15 is 0 Å². The maximum absolute atomic E-state index is 11.2. The fraction of sp³-hybridized carbons (Fsp3) is 0.0667. The summed E-state index contributed by atoms with van der Waals surface area (Å²) in [6, 6.07) is 23.2. The zero-order valence-corrected chi connectivity index (χ0v) is 20.1. The van der Waals surface area contributed by atoms with Crippen molar-refractivity contribution >= 4 is 47.5 Å². The van der Waals surface area contributed by atoms with Crippen LogP contribution in [-0.4, -0.2) is 21.8 Å². The minimum Gasteiger partial charge on any atom is -0.326 e. The molecular weight excluding hydrogens is 448 g/mol. The molecule has 178 valence electrons. The SMILES string of the molecule is CC(=O)Nc1ccc(/C=C/c2ccnc(-c3cc(/C=C/c4ccc(NC(C)=O)cc4)ccn3)c2)cc1. The van der Waals surface area contributed by atoms with Crippen LogP contribution >= 0.6 is 0 Å². The van der Waals surface area contributed by atoms with Crippen molar-refractivity contribution in [1.29, 1.82) is 0 Å². The summed E-state index contributed by atoms with van der Waals surface area (Å²) in [5.41, 5.74) is 7.18. The first-order valence-corrected chi connectivity index (χ1v) is 11.5. The molecule has 6 heteroatoms. The third-order valence-electron chi connectivity index (χ3n) is 5.23. The predicted octanol–water partition coefficient (Wildman–Crippen LogP) is 6.40. The third kappa shape index (κ3) is 7.08. The minimum absolute atomic E-state index is 0.0897. The molecule has 0 spiro atoms. The Hall–Kier alpha value is -4.84. The monoisotopic (exact) mass is 474 g/mol. The van der Waals surface area contributed by atoms with Crippen LogP contribution in [-0.2, 0) is 9.59 Å². The van der Waals surface area contributed by atoms with E-state index in [1.54, 1.807) is 12.4 Å². The lowest BCUT2D eigenvalue weighted by molar-refractivity contribution is -0.115. The van der Waals surface area contributed by atoms with Gasteiger partial charge in [-0.1, -0.05) is 48.6 Å². The highest BCUT2D eigenvalue weighted by Gasteiger charge is 2.03. The lowest BCUT2D eigenvalue weighted by Gasteiger charge is -2.04. The number of rotatable bonds is 7. The minimum atomic E-state index is -0.0897. The smallest absolute Gasteiger partial charge is 0.221 e. The van der Waals surface area contributed by atoms with Gasteiger partial charge in [0.05, 0.1) is 11.4 Å². The summed E-state index contributed by atoms with van der Waals surface area (Å²) in [6.45, 7) is 2.98. The van der Waals surface area contributed by atoms with Crippen molar-refractivity contribution in [3.05, 3.63) is 107 Å². The van der Waals surface area contributed by atoms with E-state index in [9.17, 15) is 9.59 Å². The normalized spacial score (nSPS) is 11.1. The zero-order valence-electron chi connectivity index (χ0n) is 20.1. The maximum atomic E-state index is 11.2. The largest absolute Gasteiger partial charge is 0.326 e. The van der Waals surface area contributed by atoms with Crippen molar-refractivity contribution in [2.75, 3.05) is 10.6 Å². The van der Waals surface area contributed by atoms with Gasteiger partial charge in [0.1, 0.15) is 0 Å². The second kappa shape index (κ2) is 11.5. The molecule has 2 aromatic carbocycles. The molecule has 4 rings (SSSR count). The third-order valence-corrected chi connectivity index (χ3v) is 5.23. The van der Waals surface area contributed by atoms with Crippen molar-refractivity contribution < 1.29 is 9.59 Å². The summed E-state index contributed by atoms with van der Waals surface area (Å²) < 4.78 is 0. The molecule has 0 unspecified atom stereocenters. The average Bonchev–Trinajstić information content (AvgIpc) is 2.88. The quantitative estimate of drug-likeness (QED) is 0.325. The highest BCUT2D eigenvalue weighted by Crippen LogP contribution is 2.20. The van der Waals surface area contributed by atoms with Crippen LogP contribution in [0.5, 0.6) is 0 Å². The standard InChI is InChI=1S/C30H26N4O2/c1-21(35)33-27-11-7-23(8-12-27)3-5-25-15-17-31-29(19-25)30-20-26(16-18-32-30)6-4-24-9-13-28(14-10-24)34-22(2)36/h3-20H,1-2H3,(H,33,35)(H,34,36)/b5-3+,6-4+. The molecular formula is C30H26N4O2. The Kier molecular flexibility index (Phi) is 7.78. The lowest BCUT2D eigenvalue weighted by Crippen LogP contribution is -2.05.